The summed E-state index contributed by atoms with van der Waals surface area (Å²) in [7, 11) is 0. The van der Waals surface area contributed by atoms with Crippen molar-refractivity contribution in [3.05, 3.63) is 117 Å². The van der Waals surface area contributed by atoms with Gasteiger partial charge in [0.1, 0.15) is 12.4 Å². The van der Waals surface area contributed by atoms with Crippen molar-refractivity contribution in [3.63, 3.8) is 0 Å². The molecule has 0 aliphatic heterocycles. The van der Waals surface area contributed by atoms with Gasteiger partial charge in [-0.25, -0.2) is 4.39 Å². The topological polar surface area (TPSA) is 51.1 Å². The summed E-state index contributed by atoms with van der Waals surface area (Å²) in [5.74, 6) is -0.525. The van der Waals surface area contributed by atoms with E-state index in [-0.39, 0.29) is 29.7 Å². The number of amides is 1. The lowest BCUT2D eigenvalue weighted by atomic mass is 10.1. The van der Waals surface area contributed by atoms with Crippen molar-refractivity contribution in [2.45, 2.75) is 12.6 Å². The molecule has 2 heterocycles. The van der Waals surface area contributed by atoms with Crippen LogP contribution in [0, 0.1) is 5.82 Å². The van der Waals surface area contributed by atoms with Crippen LogP contribution in [0.15, 0.2) is 95.1 Å². The molecule has 4 nitrogen and oxygen atoms in total. The van der Waals surface area contributed by atoms with Gasteiger partial charge >= 0.3 is 0 Å². The molecule has 0 saturated heterocycles. The van der Waals surface area contributed by atoms with Gasteiger partial charge in [0.25, 0.3) is 0 Å². The number of carbonyl (C=O) groups is 1. The highest BCUT2D eigenvalue weighted by Crippen LogP contribution is 2.27. The van der Waals surface area contributed by atoms with E-state index in [0.717, 1.165) is 10.4 Å². The van der Waals surface area contributed by atoms with Crippen molar-refractivity contribution in [2.75, 3.05) is 0 Å². The SMILES string of the molecule is O=C(Cn1c2ccccc2c(=O)c2ccccc21)NC(c1ccc(F)cc1)c1cccs1. The fraction of sp³-hybridized carbons (Fsp3) is 0.0769. The molecule has 6 heteroatoms. The van der Waals surface area contributed by atoms with Gasteiger partial charge in [0.05, 0.1) is 17.1 Å². The number of rotatable bonds is 5. The normalized spacial score (nSPS) is 12.2. The Bertz CT molecular complexity index is 1410. The minimum absolute atomic E-state index is 0.0457. The van der Waals surface area contributed by atoms with Crippen LogP contribution in [0.3, 0.4) is 0 Å². The van der Waals surface area contributed by atoms with E-state index in [1.54, 1.807) is 24.3 Å². The molecule has 1 N–H and O–H groups in total. The Morgan fingerprint density at radius 2 is 1.50 bits per heavy atom. The van der Waals surface area contributed by atoms with Crippen LogP contribution < -0.4 is 10.7 Å². The molecule has 1 amide bonds. The lowest BCUT2D eigenvalue weighted by Crippen LogP contribution is -2.32. The first kappa shape index (κ1) is 20.2. The standard InChI is InChI=1S/C26H19FN2O2S/c27-18-13-11-17(12-14-18)25(23-10-5-15-32-23)28-24(30)16-29-21-8-3-1-6-19(21)26(31)20-7-2-4-9-22(20)29/h1-15,25H,16H2,(H,28,30). The van der Waals surface area contributed by atoms with Crippen molar-refractivity contribution in [2.24, 2.45) is 0 Å². The van der Waals surface area contributed by atoms with Gasteiger partial charge in [-0.05, 0) is 53.4 Å². The molecule has 2 aromatic heterocycles. The zero-order chi connectivity index (χ0) is 22.1. The fourth-order valence-corrected chi connectivity index (χ4v) is 4.83. The van der Waals surface area contributed by atoms with Crippen LogP contribution in [-0.4, -0.2) is 10.5 Å². The first-order chi connectivity index (χ1) is 15.6. The molecule has 0 fully saturated rings. The van der Waals surface area contributed by atoms with Crippen molar-refractivity contribution in [3.8, 4) is 0 Å². The lowest BCUT2D eigenvalue weighted by Gasteiger charge is -2.20. The number of nitrogens with one attached hydrogen (secondary N) is 1. The predicted octanol–water partition coefficient (Wildman–Crippen LogP) is 5.26. The van der Waals surface area contributed by atoms with Gasteiger partial charge < -0.3 is 9.88 Å². The first-order valence-corrected chi connectivity index (χ1v) is 11.1. The van der Waals surface area contributed by atoms with Crippen LogP contribution >= 0.6 is 11.3 Å². The monoisotopic (exact) mass is 442 g/mol. The van der Waals surface area contributed by atoms with Crippen LogP contribution in [0.25, 0.3) is 21.8 Å². The number of benzene rings is 3. The van der Waals surface area contributed by atoms with Crippen molar-refractivity contribution >= 4 is 39.0 Å². The number of hydrogen-bond acceptors (Lipinski definition) is 3. The third-order valence-corrected chi connectivity index (χ3v) is 6.45. The summed E-state index contributed by atoms with van der Waals surface area (Å²) < 4.78 is 15.3. The Morgan fingerprint density at radius 1 is 0.875 bits per heavy atom. The second-order valence-electron chi connectivity index (χ2n) is 7.52. The quantitative estimate of drug-likeness (QED) is 0.378. The van der Waals surface area contributed by atoms with Gasteiger partial charge in [0.2, 0.25) is 5.91 Å². The van der Waals surface area contributed by atoms with E-state index in [0.29, 0.717) is 21.8 Å². The molecule has 0 radical (unpaired) electrons. The van der Waals surface area contributed by atoms with Gasteiger partial charge in [0, 0.05) is 15.6 Å². The van der Waals surface area contributed by atoms with Crippen LogP contribution in [-0.2, 0) is 11.3 Å². The highest BCUT2D eigenvalue weighted by Gasteiger charge is 2.19. The fourth-order valence-electron chi connectivity index (χ4n) is 4.03. The molecule has 0 aliphatic rings. The number of aromatic nitrogens is 1. The van der Waals surface area contributed by atoms with Crippen LogP contribution in [0.2, 0.25) is 0 Å². The zero-order valence-electron chi connectivity index (χ0n) is 17.0. The smallest absolute Gasteiger partial charge is 0.240 e. The average Bonchev–Trinajstić information content (AvgIpc) is 3.36. The maximum absolute atomic E-state index is 13.5. The molecule has 158 valence electrons. The number of carbonyl (C=O) groups excluding carboxylic acids is 1. The van der Waals surface area contributed by atoms with E-state index in [1.165, 1.54) is 23.5 Å². The lowest BCUT2D eigenvalue weighted by molar-refractivity contribution is -0.122. The molecule has 0 spiro atoms. The van der Waals surface area contributed by atoms with Crippen LogP contribution in [0.5, 0.6) is 0 Å². The molecule has 1 atom stereocenters. The van der Waals surface area contributed by atoms with Gasteiger partial charge in [-0.15, -0.1) is 11.3 Å². The van der Waals surface area contributed by atoms with Crippen LogP contribution in [0.1, 0.15) is 16.5 Å². The predicted molar refractivity (Wildman–Crippen MR) is 126 cm³/mol. The Kier molecular flexibility index (Phi) is 5.29. The number of thiophene rings is 1. The molecule has 1 unspecified atom stereocenters. The summed E-state index contributed by atoms with van der Waals surface area (Å²) in [6.07, 6.45) is 0. The summed E-state index contributed by atoms with van der Waals surface area (Å²) in [5, 5.41) is 6.20. The zero-order valence-corrected chi connectivity index (χ0v) is 17.8. The molecular weight excluding hydrogens is 423 g/mol. The molecular formula is C26H19FN2O2S. The molecule has 3 aromatic carbocycles. The van der Waals surface area contributed by atoms with E-state index in [2.05, 4.69) is 5.32 Å². The minimum Gasteiger partial charge on any atom is -0.343 e. The van der Waals surface area contributed by atoms with Crippen molar-refractivity contribution in [1.29, 1.82) is 0 Å². The number of para-hydroxylation sites is 2. The second kappa shape index (κ2) is 8.40. The summed E-state index contributed by atoms with van der Waals surface area (Å²) in [6.45, 7) is 0.0460. The van der Waals surface area contributed by atoms with E-state index in [9.17, 15) is 14.0 Å². The molecule has 5 rings (SSSR count). The molecule has 0 saturated carbocycles. The number of halogens is 1. The number of fused-ring (bicyclic) bond motifs is 2. The third kappa shape index (κ3) is 3.69. The van der Waals surface area contributed by atoms with E-state index in [1.807, 2.05) is 58.5 Å². The van der Waals surface area contributed by atoms with Gasteiger partial charge in [-0.3, -0.25) is 9.59 Å². The average molecular weight is 443 g/mol. The Morgan fingerprint density at radius 3 is 2.09 bits per heavy atom. The highest BCUT2D eigenvalue weighted by molar-refractivity contribution is 7.10. The van der Waals surface area contributed by atoms with Gasteiger partial charge in [0.15, 0.2) is 5.43 Å². The Labute approximate surface area is 187 Å². The number of pyridine rings is 1. The number of nitrogens with zero attached hydrogens (tertiary/aromatic N) is 1. The maximum Gasteiger partial charge on any atom is 0.240 e. The summed E-state index contributed by atoms with van der Waals surface area (Å²) >= 11 is 1.53. The van der Waals surface area contributed by atoms with Crippen molar-refractivity contribution < 1.29 is 9.18 Å². The summed E-state index contributed by atoms with van der Waals surface area (Å²) in [4.78, 5) is 27.1. The Balaban J connectivity index is 1.55. The van der Waals surface area contributed by atoms with Gasteiger partial charge in [-0.1, -0.05) is 42.5 Å². The summed E-state index contributed by atoms with van der Waals surface area (Å²) in [6, 6.07) is 24.3. The van der Waals surface area contributed by atoms with Gasteiger partial charge in [-0.2, -0.15) is 0 Å². The van der Waals surface area contributed by atoms with Crippen LogP contribution in [0.4, 0.5) is 4.39 Å². The molecule has 0 bridgehead atoms. The Hall–Kier alpha value is -3.77. The van der Waals surface area contributed by atoms with Crippen molar-refractivity contribution in [1.82, 2.24) is 9.88 Å². The van der Waals surface area contributed by atoms with E-state index >= 15 is 0 Å². The second-order valence-corrected chi connectivity index (χ2v) is 8.50. The summed E-state index contributed by atoms with van der Waals surface area (Å²) in [5.41, 5.74) is 2.18. The largest absolute Gasteiger partial charge is 0.343 e. The highest BCUT2D eigenvalue weighted by atomic mass is 32.1. The minimum atomic E-state index is -0.389. The molecule has 0 aliphatic carbocycles. The molecule has 32 heavy (non-hydrogen) atoms. The first-order valence-electron chi connectivity index (χ1n) is 10.2. The third-order valence-electron chi connectivity index (χ3n) is 5.52. The number of hydrogen-bond donors (Lipinski definition) is 1. The maximum atomic E-state index is 13.5. The molecule has 5 aromatic rings. The van der Waals surface area contributed by atoms with E-state index < -0.39 is 0 Å². The van der Waals surface area contributed by atoms with E-state index in [4.69, 9.17) is 0 Å².